The van der Waals surface area contributed by atoms with E-state index >= 15 is 0 Å². The Hall–Kier alpha value is -2.43. The number of piperidine rings is 1. The van der Waals surface area contributed by atoms with Crippen LogP contribution in [0.15, 0.2) is 36.4 Å². The molecule has 1 aliphatic heterocycles. The summed E-state index contributed by atoms with van der Waals surface area (Å²) in [6.45, 7) is 1.49. The van der Waals surface area contributed by atoms with E-state index in [1.54, 1.807) is 18.2 Å². The number of aromatic nitrogens is 1. The van der Waals surface area contributed by atoms with E-state index in [2.05, 4.69) is 10.3 Å². The average molecular weight is 451 g/mol. The second kappa shape index (κ2) is 10.6. The number of halogens is 5. The van der Waals surface area contributed by atoms with E-state index in [4.69, 9.17) is 26.2 Å². The number of aliphatic carboxylic acids is 1. The smallest absolute Gasteiger partial charge is 0.475 e. The van der Waals surface area contributed by atoms with Crippen molar-refractivity contribution in [1.29, 1.82) is 0 Å². The molecule has 11 heteroatoms. The number of hydrogen-bond donors (Lipinski definition) is 3. The Kier molecular flexibility index (Phi) is 8.39. The summed E-state index contributed by atoms with van der Waals surface area (Å²) in [6, 6.07) is 9.93. The lowest BCUT2D eigenvalue weighted by molar-refractivity contribution is -0.192. The van der Waals surface area contributed by atoms with Gasteiger partial charge in [0.25, 0.3) is 0 Å². The molecule has 0 saturated carbocycles. The predicted octanol–water partition coefficient (Wildman–Crippen LogP) is 3.52. The zero-order chi connectivity index (χ0) is 22.3. The lowest BCUT2D eigenvalue weighted by Gasteiger charge is -2.28. The molecule has 0 aliphatic carbocycles. The van der Waals surface area contributed by atoms with Gasteiger partial charge >= 0.3 is 12.1 Å². The van der Waals surface area contributed by atoms with E-state index in [0.29, 0.717) is 23.0 Å². The maximum Gasteiger partial charge on any atom is 0.490 e. The molecule has 0 unspecified atom stereocenters. The van der Waals surface area contributed by atoms with Gasteiger partial charge in [0.2, 0.25) is 5.88 Å². The van der Waals surface area contributed by atoms with Gasteiger partial charge in [-0.05, 0) is 31.2 Å². The molecule has 1 aromatic heterocycles. The highest BCUT2D eigenvalue weighted by Crippen LogP contribution is 2.26. The second-order valence-electron chi connectivity index (χ2n) is 6.39. The van der Waals surface area contributed by atoms with Crippen molar-refractivity contribution in [2.45, 2.75) is 31.2 Å². The normalized spacial score (nSPS) is 18.9. The highest BCUT2D eigenvalue weighted by molar-refractivity contribution is 6.30. The number of aliphatic hydroxyl groups is 1. The first kappa shape index (κ1) is 23.8. The molecule has 1 aromatic carbocycles. The second-order valence-corrected chi connectivity index (χ2v) is 6.83. The van der Waals surface area contributed by atoms with Crippen LogP contribution in [0, 0.1) is 5.82 Å². The summed E-state index contributed by atoms with van der Waals surface area (Å²) in [7, 11) is 0. The molecule has 0 radical (unpaired) electrons. The van der Waals surface area contributed by atoms with Crippen LogP contribution in [0.4, 0.5) is 17.6 Å². The number of carbonyl (C=O) groups is 1. The van der Waals surface area contributed by atoms with Crippen LogP contribution in [-0.4, -0.2) is 46.5 Å². The first-order chi connectivity index (χ1) is 14.1. The summed E-state index contributed by atoms with van der Waals surface area (Å²) < 4.78 is 51.1. The van der Waals surface area contributed by atoms with Crippen LogP contribution in [0.1, 0.15) is 23.6 Å². The van der Waals surface area contributed by atoms with Gasteiger partial charge in [-0.15, -0.1) is 0 Å². The maximum absolute atomic E-state index is 13.7. The molecule has 30 heavy (non-hydrogen) atoms. The van der Waals surface area contributed by atoms with Gasteiger partial charge in [0.15, 0.2) is 0 Å². The lowest BCUT2D eigenvalue weighted by atomic mass is 9.91. The SMILES string of the molecule is O=C(O)C(F)(F)F.O[C@@H]1CNCC[C@H]1c1cccc(OCc2ccc(Cl)cc2F)n1. The number of carboxylic acid groups (broad SMARTS) is 1. The van der Waals surface area contributed by atoms with Crippen LogP contribution in [-0.2, 0) is 11.4 Å². The fraction of sp³-hybridized carbons (Fsp3) is 0.368. The van der Waals surface area contributed by atoms with Gasteiger partial charge in [0.1, 0.15) is 12.4 Å². The Balaban J connectivity index is 0.000000396. The fourth-order valence-electron chi connectivity index (χ4n) is 2.70. The van der Waals surface area contributed by atoms with Gasteiger partial charge in [-0.2, -0.15) is 13.2 Å². The van der Waals surface area contributed by atoms with Crippen molar-refractivity contribution >= 4 is 17.6 Å². The quantitative estimate of drug-likeness (QED) is 0.617. The van der Waals surface area contributed by atoms with E-state index in [1.807, 2.05) is 12.1 Å². The minimum Gasteiger partial charge on any atom is -0.475 e. The van der Waals surface area contributed by atoms with Crippen molar-refractivity contribution in [1.82, 2.24) is 10.3 Å². The third-order valence-corrected chi connectivity index (χ3v) is 4.44. The molecule has 3 rings (SSSR count). The van der Waals surface area contributed by atoms with Gasteiger partial charge in [-0.1, -0.05) is 23.7 Å². The average Bonchev–Trinajstić information content (AvgIpc) is 2.68. The highest BCUT2D eigenvalue weighted by atomic mass is 35.5. The van der Waals surface area contributed by atoms with Crippen LogP contribution in [0.25, 0.3) is 0 Å². The maximum atomic E-state index is 13.7. The summed E-state index contributed by atoms with van der Waals surface area (Å²) in [5, 5.41) is 20.7. The zero-order valence-electron chi connectivity index (χ0n) is 15.5. The van der Waals surface area contributed by atoms with E-state index < -0.39 is 24.1 Å². The largest absolute Gasteiger partial charge is 0.490 e. The molecule has 0 amide bonds. The van der Waals surface area contributed by atoms with Crippen LogP contribution in [0.3, 0.4) is 0 Å². The van der Waals surface area contributed by atoms with Gasteiger partial charge in [-0.3, -0.25) is 0 Å². The highest BCUT2D eigenvalue weighted by Gasteiger charge is 2.38. The monoisotopic (exact) mass is 450 g/mol. The predicted molar refractivity (Wildman–Crippen MR) is 99.9 cm³/mol. The van der Waals surface area contributed by atoms with Crippen LogP contribution >= 0.6 is 11.6 Å². The Morgan fingerprint density at radius 3 is 2.60 bits per heavy atom. The van der Waals surface area contributed by atoms with Gasteiger partial charge < -0.3 is 20.3 Å². The van der Waals surface area contributed by atoms with Crippen molar-refractivity contribution in [2.24, 2.45) is 0 Å². The molecule has 0 spiro atoms. The molecule has 1 aliphatic rings. The molecule has 1 fully saturated rings. The van der Waals surface area contributed by atoms with Crippen LogP contribution in [0.2, 0.25) is 5.02 Å². The molecule has 6 nitrogen and oxygen atoms in total. The Labute approximate surface area is 174 Å². The third-order valence-electron chi connectivity index (χ3n) is 4.21. The van der Waals surface area contributed by atoms with Crippen molar-refractivity contribution in [2.75, 3.05) is 13.1 Å². The minimum absolute atomic E-state index is 0.00734. The fourth-order valence-corrected chi connectivity index (χ4v) is 2.85. The molecule has 164 valence electrons. The number of ether oxygens (including phenoxy) is 1. The molecule has 2 aromatic rings. The Morgan fingerprint density at radius 1 is 1.30 bits per heavy atom. The van der Waals surface area contributed by atoms with Gasteiger partial charge in [-0.25, -0.2) is 14.2 Å². The number of alkyl halides is 3. The first-order valence-corrected chi connectivity index (χ1v) is 9.18. The number of rotatable bonds is 4. The van der Waals surface area contributed by atoms with E-state index in [1.165, 1.54) is 6.07 Å². The standard InChI is InChI=1S/C17H18ClFN2O2.C2HF3O2/c18-12-5-4-11(14(19)8-12)10-23-17-3-1-2-15(21-17)13-6-7-20-9-16(13)22;3-2(4,5)1(6)7/h1-5,8,13,16,20,22H,6-7,9-10H2;(H,6,7)/t13-,16+;/m0./s1. The van der Waals surface area contributed by atoms with Crippen LogP contribution < -0.4 is 10.1 Å². The van der Waals surface area contributed by atoms with Crippen LogP contribution in [0.5, 0.6) is 5.88 Å². The third kappa shape index (κ3) is 7.12. The number of carboxylic acids is 1. The number of β-amino-alcohol motifs (C(OH)–C–C–N with tert-alkyl or cyclic N) is 1. The molecule has 0 bridgehead atoms. The summed E-state index contributed by atoms with van der Waals surface area (Å²) >= 11 is 5.73. The number of pyridine rings is 1. The van der Waals surface area contributed by atoms with E-state index in [-0.39, 0.29) is 12.5 Å². The zero-order valence-corrected chi connectivity index (χ0v) is 16.3. The van der Waals surface area contributed by atoms with Crippen molar-refractivity contribution in [3.63, 3.8) is 0 Å². The number of hydrogen-bond acceptors (Lipinski definition) is 5. The Morgan fingerprint density at radius 2 is 2.00 bits per heavy atom. The number of nitrogens with one attached hydrogen (secondary N) is 1. The summed E-state index contributed by atoms with van der Waals surface area (Å²) in [5.74, 6) is -2.75. The van der Waals surface area contributed by atoms with E-state index in [9.17, 15) is 22.7 Å². The lowest BCUT2D eigenvalue weighted by Crippen LogP contribution is -2.39. The molecule has 3 N–H and O–H groups in total. The first-order valence-electron chi connectivity index (χ1n) is 8.80. The summed E-state index contributed by atoms with van der Waals surface area (Å²) in [5.41, 5.74) is 1.22. The van der Waals surface area contributed by atoms with Crippen molar-refractivity contribution < 1.29 is 37.3 Å². The minimum atomic E-state index is -5.08. The molecular formula is C19H19ClF4N2O4. The van der Waals surface area contributed by atoms with Crippen molar-refractivity contribution in [3.05, 3.63) is 58.5 Å². The summed E-state index contributed by atoms with van der Waals surface area (Å²) in [6.07, 6.45) is -4.72. The number of nitrogens with zero attached hydrogens (tertiary/aromatic N) is 1. The van der Waals surface area contributed by atoms with Gasteiger partial charge in [0.05, 0.1) is 11.8 Å². The van der Waals surface area contributed by atoms with Gasteiger partial charge in [0, 0.05) is 29.1 Å². The summed E-state index contributed by atoms with van der Waals surface area (Å²) in [4.78, 5) is 13.3. The van der Waals surface area contributed by atoms with Crippen molar-refractivity contribution in [3.8, 4) is 5.88 Å². The molecule has 2 heterocycles. The Bertz CT molecular complexity index is 867. The topological polar surface area (TPSA) is 91.7 Å². The number of benzene rings is 1. The molecular weight excluding hydrogens is 432 g/mol. The van der Waals surface area contributed by atoms with E-state index in [0.717, 1.165) is 18.7 Å². The molecule has 1 saturated heterocycles. The number of aliphatic hydroxyl groups excluding tert-OH is 1. The molecule has 2 atom stereocenters.